The van der Waals surface area contributed by atoms with Gasteiger partial charge in [-0.05, 0) is 37.1 Å². The van der Waals surface area contributed by atoms with Crippen molar-refractivity contribution in [3.8, 4) is 0 Å². The van der Waals surface area contributed by atoms with Crippen molar-refractivity contribution >= 4 is 0 Å². The van der Waals surface area contributed by atoms with Crippen molar-refractivity contribution in [2.75, 3.05) is 19.6 Å². The van der Waals surface area contributed by atoms with Crippen LogP contribution in [0.5, 0.6) is 0 Å². The molecule has 2 atom stereocenters. The van der Waals surface area contributed by atoms with Crippen molar-refractivity contribution in [1.82, 2.24) is 4.90 Å². The highest BCUT2D eigenvalue weighted by Crippen LogP contribution is 2.28. The minimum atomic E-state index is 0.727. The Kier molecular flexibility index (Phi) is 7.25. The molecule has 0 bridgehead atoms. The Morgan fingerprint density at radius 1 is 0.944 bits per heavy atom. The van der Waals surface area contributed by atoms with Gasteiger partial charge in [-0.2, -0.15) is 0 Å². The Balaban J connectivity index is 2.71. The van der Waals surface area contributed by atoms with Crippen LogP contribution in [0.1, 0.15) is 59.8 Å². The van der Waals surface area contributed by atoms with Gasteiger partial charge in [0.15, 0.2) is 0 Å². The molecule has 0 radical (unpaired) electrons. The van der Waals surface area contributed by atoms with Crippen molar-refractivity contribution in [2.45, 2.75) is 65.8 Å². The largest absolute Gasteiger partial charge is 0.330 e. The fourth-order valence-corrected chi connectivity index (χ4v) is 3.40. The molecule has 108 valence electrons. The molecule has 0 aliphatic heterocycles. The number of hydrogen-bond acceptors (Lipinski definition) is 2. The van der Waals surface area contributed by atoms with Crippen LogP contribution in [0.25, 0.3) is 0 Å². The van der Waals surface area contributed by atoms with Gasteiger partial charge in [-0.1, -0.05) is 47.0 Å². The van der Waals surface area contributed by atoms with Crippen molar-refractivity contribution < 1.29 is 0 Å². The Labute approximate surface area is 114 Å². The van der Waals surface area contributed by atoms with E-state index in [1.165, 1.54) is 45.2 Å². The molecule has 1 aliphatic carbocycles. The predicted octanol–water partition coefficient (Wildman–Crippen LogP) is 3.51. The van der Waals surface area contributed by atoms with Crippen molar-refractivity contribution in [1.29, 1.82) is 0 Å². The molecular weight excluding hydrogens is 220 g/mol. The molecular formula is C16H34N2. The van der Waals surface area contributed by atoms with Gasteiger partial charge in [0.05, 0.1) is 0 Å². The van der Waals surface area contributed by atoms with Crippen LogP contribution in [-0.2, 0) is 0 Å². The second-order valence-corrected chi connectivity index (χ2v) is 6.94. The summed E-state index contributed by atoms with van der Waals surface area (Å²) in [6, 6.07) is 0.738. The zero-order valence-corrected chi connectivity index (χ0v) is 13.0. The van der Waals surface area contributed by atoms with E-state index in [0.29, 0.717) is 0 Å². The molecule has 1 saturated carbocycles. The van der Waals surface area contributed by atoms with Crippen molar-refractivity contribution in [3.63, 3.8) is 0 Å². The van der Waals surface area contributed by atoms with Crippen LogP contribution >= 0.6 is 0 Å². The van der Waals surface area contributed by atoms with Crippen molar-refractivity contribution in [2.24, 2.45) is 23.5 Å². The minimum Gasteiger partial charge on any atom is -0.330 e. The van der Waals surface area contributed by atoms with E-state index in [1.807, 2.05) is 0 Å². The van der Waals surface area contributed by atoms with E-state index in [9.17, 15) is 0 Å². The third-order valence-corrected chi connectivity index (χ3v) is 4.09. The van der Waals surface area contributed by atoms with Crippen LogP contribution in [0.4, 0.5) is 0 Å². The third kappa shape index (κ3) is 5.27. The van der Waals surface area contributed by atoms with Gasteiger partial charge in [0.1, 0.15) is 0 Å². The fourth-order valence-electron chi connectivity index (χ4n) is 3.40. The predicted molar refractivity (Wildman–Crippen MR) is 80.7 cm³/mol. The van der Waals surface area contributed by atoms with Crippen LogP contribution in [0.2, 0.25) is 0 Å². The summed E-state index contributed by atoms with van der Waals surface area (Å²) in [5.74, 6) is 2.24. The van der Waals surface area contributed by atoms with Gasteiger partial charge in [-0.15, -0.1) is 0 Å². The van der Waals surface area contributed by atoms with Gasteiger partial charge in [-0.3, -0.25) is 4.90 Å². The second-order valence-electron chi connectivity index (χ2n) is 6.94. The normalized spacial score (nSPS) is 26.0. The molecule has 1 aliphatic rings. The van der Waals surface area contributed by atoms with Gasteiger partial charge in [0.2, 0.25) is 0 Å². The highest BCUT2D eigenvalue weighted by Gasteiger charge is 2.28. The van der Waals surface area contributed by atoms with Crippen LogP contribution < -0.4 is 5.73 Å². The maximum atomic E-state index is 6.04. The summed E-state index contributed by atoms with van der Waals surface area (Å²) in [7, 11) is 0. The maximum Gasteiger partial charge on any atom is 0.0136 e. The zero-order valence-electron chi connectivity index (χ0n) is 13.0. The molecule has 2 heteroatoms. The molecule has 2 N–H and O–H groups in total. The topological polar surface area (TPSA) is 29.3 Å². The lowest BCUT2D eigenvalue weighted by Gasteiger charge is -2.38. The van der Waals surface area contributed by atoms with Gasteiger partial charge >= 0.3 is 0 Å². The van der Waals surface area contributed by atoms with E-state index < -0.39 is 0 Å². The average molecular weight is 254 g/mol. The average Bonchev–Trinajstić information content (AvgIpc) is 2.51. The van der Waals surface area contributed by atoms with Gasteiger partial charge in [0.25, 0.3) is 0 Å². The highest BCUT2D eigenvalue weighted by molar-refractivity contribution is 4.83. The Bertz CT molecular complexity index is 203. The lowest BCUT2D eigenvalue weighted by atomic mass is 9.92. The molecule has 0 amide bonds. The standard InChI is InChI=1S/C16H34N2/c1-13(2)11-18(12-14(3)4)16-9-7-5-6-8-15(16)10-17/h13-16H,5-12,17H2,1-4H3. The van der Waals surface area contributed by atoms with Gasteiger partial charge < -0.3 is 5.73 Å². The van der Waals surface area contributed by atoms with Crippen LogP contribution in [-0.4, -0.2) is 30.6 Å². The molecule has 2 unspecified atom stereocenters. The summed E-state index contributed by atoms with van der Waals surface area (Å²) >= 11 is 0. The second kappa shape index (κ2) is 8.16. The SMILES string of the molecule is CC(C)CN(CC(C)C)C1CCCCCC1CN. The maximum absolute atomic E-state index is 6.04. The van der Waals surface area contributed by atoms with E-state index in [2.05, 4.69) is 32.6 Å². The van der Waals surface area contributed by atoms with Crippen LogP contribution in [0.15, 0.2) is 0 Å². The van der Waals surface area contributed by atoms with Gasteiger partial charge in [-0.25, -0.2) is 0 Å². The highest BCUT2D eigenvalue weighted by atomic mass is 15.2. The molecule has 18 heavy (non-hydrogen) atoms. The summed E-state index contributed by atoms with van der Waals surface area (Å²) in [5.41, 5.74) is 6.04. The number of nitrogens with zero attached hydrogens (tertiary/aromatic N) is 1. The first-order valence-corrected chi connectivity index (χ1v) is 7.98. The molecule has 0 spiro atoms. The monoisotopic (exact) mass is 254 g/mol. The zero-order chi connectivity index (χ0) is 13.5. The first-order chi connectivity index (χ1) is 8.54. The fraction of sp³-hybridized carbons (Fsp3) is 1.00. The number of hydrogen-bond donors (Lipinski definition) is 1. The molecule has 1 rings (SSSR count). The van der Waals surface area contributed by atoms with E-state index in [0.717, 1.165) is 30.3 Å². The van der Waals surface area contributed by atoms with Crippen LogP contribution in [0.3, 0.4) is 0 Å². The first-order valence-electron chi connectivity index (χ1n) is 7.98. The minimum absolute atomic E-state index is 0.727. The summed E-state index contributed by atoms with van der Waals surface area (Å²) in [6.07, 6.45) is 6.89. The molecule has 1 fully saturated rings. The summed E-state index contributed by atoms with van der Waals surface area (Å²) in [5, 5.41) is 0. The van der Waals surface area contributed by atoms with E-state index in [-0.39, 0.29) is 0 Å². The number of nitrogens with two attached hydrogens (primary N) is 1. The first kappa shape index (κ1) is 16.0. The summed E-state index contributed by atoms with van der Waals surface area (Å²) < 4.78 is 0. The molecule has 0 aromatic carbocycles. The third-order valence-electron chi connectivity index (χ3n) is 4.09. The molecule has 0 aromatic rings. The quantitative estimate of drug-likeness (QED) is 0.735. The van der Waals surface area contributed by atoms with E-state index in [4.69, 9.17) is 5.73 Å². The molecule has 2 nitrogen and oxygen atoms in total. The number of rotatable bonds is 6. The van der Waals surface area contributed by atoms with Crippen molar-refractivity contribution in [3.05, 3.63) is 0 Å². The summed E-state index contributed by atoms with van der Waals surface area (Å²) in [4.78, 5) is 2.75. The smallest absolute Gasteiger partial charge is 0.0136 e. The lowest BCUT2D eigenvalue weighted by Crippen LogP contribution is -2.46. The molecule has 0 aromatic heterocycles. The Morgan fingerprint density at radius 3 is 2.00 bits per heavy atom. The van der Waals surface area contributed by atoms with Crippen LogP contribution in [0, 0.1) is 17.8 Å². The lowest BCUT2D eigenvalue weighted by molar-refractivity contribution is 0.107. The summed E-state index contributed by atoms with van der Waals surface area (Å²) in [6.45, 7) is 12.7. The van der Waals surface area contributed by atoms with Gasteiger partial charge in [0, 0.05) is 19.1 Å². The van der Waals surface area contributed by atoms with E-state index >= 15 is 0 Å². The Hall–Kier alpha value is -0.0800. The Morgan fingerprint density at radius 2 is 1.50 bits per heavy atom. The molecule has 0 saturated heterocycles. The van der Waals surface area contributed by atoms with E-state index in [1.54, 1.807) is 0 Å². The molecule has 0 heterocycles.